The van der Waals surface area contributed by atoms with E-state index in [1.54, 1.807) is 12.2 Å². The Morgan fingerprint density at radius 1 is 0.673 bits per heavy atom. The van der Waals surface area contributed by atoms with Gasteiger partial charge in [0.1, 0.15) is 5.78 Å². The lowest BCUT2D eigenvalue weighted by Gasteiger charge is -2.58. The van der Waals surface area contributed by atoms with Crippen LogP contribution < -0.4 is 16.4 Å². The number of amides is 2. The molecule has 0 saturated heterocycles. The third-order valence-electron chi connectivity index (χ3n) is 16.4. The molecule has 8 heteroatoms. The first-order valence-electron chi connectivity index (χ1n) is 19.6. The molecule has 49 heavy (non-hydrogen) atoms. The summed E-state index contributed by atoms with van der Waals surface area (Å²) < 4.78 is 0. The number of carbonyl (C=O) groups excluding carboxylic acids is 3. The molecule has 0 bridgehead atoms. The molecule has 0 spiro atoms. The van der Waals surface area contributed by atoms with Gasteiger partial charge in [-0.15, -0.1) is 0 Å². The molecule has 14 atom stereocenters. The molecule has 0 radical (unpaired) electrons. The molecule has 8 nitrogen and oxygen atoms in total. The number of ketones is 1. The second-order valence-corrected chi connectivity index (χ2v) is 17.9. The topological polar surface area (TPSA) is 139 Å². The van der Waals surface area contributed by atoms with Crippen LogP contribution in [0.15, 0.2) is 24.3 Å². The normalized spacial score (nSPS) is 48.6. The van der Waals surface area contributed by atoms with Gasteiger partial charge in [0.2, 0.25) is 11.8 Å². The number of carboxylic acid groups (broad SMARTS) is 1. The van der Waals surface area contributed by atoms with Crippen LogP contribution in [0.25, 0.3) is 0 Å². The van der Waals surface area contributed by atoms with Crippen molar-refractivity contribution in [3.63, 3.8) is 0 Å². The van der Waals surface area contributed by atoms with Crippen molar-refractivity contribution in [3.8, 4) is 0 Å². The molecule has 6 aliphatic carbocycles. The number of hydrogen-bond acceptors (Lipinski definition) is 5. The zero-order valence-corrected chi connectivity index (χ0v) is 30.9. The van der Waals surface area contributed by atoms with E-state index in [4.69, 9.17) is 0 Å². The van der Waals surface area contributed by atoms with Crippen LogP contribution in [0.5, 0.6) is 0 Å². The minimum absolute atomic E-state index is 0.0299. The summed E-state index contributed by atoms with van der Waals surface area (Å²) in [5.74, 6) is 3.92. The number of fused-ring (bicyclic) bond motifs is 10. The number of nitrogens with one attached hydrogen (secondary N) is 2. The average Bonchev–Trinajstić information content (AvgIpc) is 3.63. The molecule has 6 fully saturated rings. The molecule has 272 valence electrons. The Hall–Kier alpha value is -2.48. The Kier molecular flexibility index (Phi) is 9.82. The standard InChI is InChI=1S/C21H31NO2.C19H27NO3.CH5N/c1-4-17(23)16-7-6-14-13-5-8-18-21(3,12-10-19(24)22-18)15(13)9-11-20(14,16)2;1-18-9-7-13-11(12(18)4-5-14(18)17(22)23)3-6-15-19(13,2)10-8-16(21)20-15;1-2/h10,12-16,18H,4-9,11H2,1-3H3,(H,22,24);8,10-15H,3-7,9H2,1-2H3,(H,20,21)(H,22,23);2H2,1H3/t13-,14+,15+,16+,18-,20-,21+;11-,12+,13+,14+,15-,18-,19+;/m00./s1. The molecule has 2 amide bonds. The van der Waals surface area contributed by atoms with Gasteiger partial charge in [-0.3, -0.25) is 19.2 Å². The predicted molar refractivity (Wildman–Crippen MR) is 191 cm³/mol. The molecule has 2 aliphatic heterocycles. The zero-order chi connectivity index (χ0) is 35.5. The number of aliphatic carboxylic acids is 1. The molecule has 6 saturated carbocycles. The Morgan fingerprint density at radius 2 is 1.10 bits per heavy atom. The van der Waals surface area contributed by atoms with Crippen molar-refractivity contribution in [2.45, 2.75) is 130 Å². The average molecular weight is 678 g/mol. The molecule has 0 aromatic heterocycles. The Balaban J connectivity index is 0.000000162. The van der Waals surface area contributed by atoms with Gasteiger partial charge in [-0.25, -0.2) is 0 Å². The summed E-state index contributed by atoms with van der Waals surface area (Å²) in [4.78, 5) is 47.7. The number of rotatable bonds is 3. The van der Waals surface area contributed by atoms with Crippen LogP contribution in [0, 0.1) is 69.0 Å². The molecule has 0 aromatic carbocycles. The van der Waals surface area contributed by atoms with Crippen molar-refractivity contribution in [1.29, 1.82) is 0 Å². The third kappa shape index (κ3) is 5.65. The molecular weight excluding hydrogens is 614 g/mol. The number of carbonyl (C=O) groups is 4. The van der Waals surface area contributed by atoms with Crippen LogP contribution in [0.2, 0.25) is 0 Å². The number of Topliss-reactive ketones (excluding diaryl/α,β-unsaturated/α-hetero) is 1. The highest BCUT2D eigenvalue weighted by atomic mass is 16.4. The molecule has 8 aliphatic rings. The van der Waals surface area contributed by atoms with Gasteiger partial charge < -0.3 is 21.5 Å². The van der Waals surface area contributed by atoms with E-state index in [1.165, 1.54) is 32.7 Å². The zero-order valence-electron chi connectivity index (χ0n) is 30.9. The lowest BCUT2D eigenvalue weighted by molar-refractivity contribution is -0.150. The summed E-state index contributed by atoms with van der Waals surface area (Å²) in [5, 5.41) is 16.0. The van der Waals surface area contributed by atoms with Crippen LogP contribution in [0.3, 0.4) is 0 Å². The summed E-state index contributed by atoms with van der Waals surface area (Å²) in [6, 6.07) is 0.553. The molecule has 8 rings (SSSR count). The van der Waals surface area contributed by atoms with Crippen LogP contribution >= 0.6 is 0 Å². The second kappa shape index (κ2) is 13.2. The second-order valence-electron chi connectivity index (χ2n) is 17.9. The van der Waals surface area contributed by atoms with Gasteiger partial charge >= 0.3 is 5.97 Å². The van der Waals surface area contributed by atoms with E-state index in [0.29, 0.717) is 53.8 Å². The minimum atomic E-state index is -0.599. The van der Waals surface area contributed by atoms with Crippen LogP contribution in [-0.2, 0) is 19.2 Å². The SMILES string of the molecule is CCC(=O)[C@H]1CC[C@@H]2[C@@H]3CC[C@@H]4NC(=O)C=C[C@]4(C)[C@@H]3CC[C@]12C.CN.C[C@]12C=CC(=O)N[C@H]1CC[C@@H]1[C@H]2CC[C@]2(C)[C@@H](C(=O)O)CC[C@H]12. The lowest BCUT2D eigenvalue weighted by atomic mass is 9.47. The maximum Gasteiger partial charge on any atom is 0.307 e. The smallest absolute Gasteiger partial charge is 0.307 e. The maximum absolute atomic E-state index is 12.5. The van der Waals surface area contributed by atoms with Crippen molar-refractivity contribution in [1.82, 2.24) is 10.6 Å². The summed E-state index contributed by atoms with van der Waals surface area (Å²) in [7, 11) is 1.50. The Labute approximate surface area is 294 Å². The van der Waals surface area contributed by atoms with Gasteiger partial charge in [0.25, 0.3) is 0 Å². The molecule has 5 N–H and O–H groups in total. The number of carboxylic acids is 1. The van der Waals surface area contributed by atoms with Gasteiger partial charge in [-0.2, -0.15) is 0 Å². The highest BCUT2D eigenvalue weighted by molar-refractivity contribution is 5.89. The highest BCUT2D eigenvalue weighted by Gasteiger charge is 2.62. The van der Waals surface area contributed by atoms with Crippen molar-refractivity contribution in [3.05, 3.63) is 24.3 Å². The fourth-order valence-electron chi connectivity index (χ4n) is 13.8. The first-order valence-corrected chi connectivity index (χ1v) is 19.6. The Bertz CT molecular complexity index is 1390. The van der Waals surface area contributed by atoms with E-state index in [2.05, 4.69) is 56.2 Å². The van der Waals surface area contributed by atoms with Crippen LogP contribution in [-0.4, -0.2) is 47.8 Å². The summed E-state index contributed by atoms with van der Waals surface area (Å²) >= 11 is 0. The fraction of sp³-hybridized carbons (Fsp3) is 0.805. The van der Waals surface area contributed by atoms with Crippen molar-refractivity contribution < 1.29 is 24.3 Å². The van der Waals surface area contributed by atoms with E-state index >= 15 is 0 Å². The monoisotopic (exact) mass is 677 g/mol. The molecule has 0 aromatic rings. The quantitative estimate of drug-likeness (QED) is 0.271. The first-order chi connectivity index (χ1) is 23.3. The third-order valence-corrected chi connectivity index (χ3v) is 16.4. The Morgan fingerprint density at radius 3 is 1.53 bits per heavy atom. The highest BCUT2D eigenvalue weighted by Crippen LogP contribution is 2.66. The lowest BCUT2D eigenvalue weighted by Crippen LogP contribution is -2.59. The van der Waals surface area contributed by atoms with Gasteiger partial charge in [-0.05, 0) is 143 Å². The molecular formula is C41H63N3O5. The van der Waals surface area contributed by atoms with Gasteiger partial charge in [-0.1, -0.05) is 46.8 Å². The van der Waals surface area contributed by atoms with Gasteiger partial charge in [0.15, 0.2) is 0 Å². The first kappa shape index (κ1) is 36.3. The van der Waals surface area contributed by atoms with E-state index < -0.39 is 5.97 Å². The maximum atomic E-state index is 12.5. The van der Waals surface area contributed by atoms with Crippen molar-refractivity contribution in [2.24, 2.45) is 74.7 Å². The van der Waals surface area contributed by atoms with E-state index in [0.717, 1.165) is 57.3 Å². The summed E-state index contributed by atoms with van der Waals surface area (Å²) in [6.45, 7) is 11.3. The number of nitrogens with two attached hydrogens (primary N) is 1. The van der Waals surface area contributed by atoms with E-state index in [9.17, 15) is 24.3 Å². The molecule has 0 unspecified atom stereocenters. The van der Waals surface area contributed by atoms with E-state index in [-0.39, 0.29) is 45.4 Å². The van der Waals surface area contributed by atoms with Crippen molar-refractivity contribution in [2.75, 3.05) is 7.05 Å². The summed E-state index contributed by atoms with van der Waals surface area (Å²) in [5.41, 5.74) is 4.83. The summed E-state index contributed by atoms with van der Waals surface area (Å²) in [6.07, 6.45) is 21.7. The molecule has 2 heterocycles. The largest absolute Gasteiger partial charge is 0.481 e. The number of hydrogen-bond donors (Lipinski definition) is 4. The van der Waals surface area contributed by atoms with Gasteiger partial charge in [0.05, 0.1) is 5.92 Å². The van der Waals surface area contributed by atoms with E-state index in [1.807, 2.05) is 6.92 Å². The van der Waals surface area contributed by atoms with Gasteiger partial charge in [0, 0.05) is 35.3 Å². The minimum Gasteiger partial charge on any atom is -0.481 e. The van der Waals surface area contributed by atoms with Crippen LogP contribution in [0.4, 0.5) is 0 Å². The fourth-order valence-corrected chi connectivity index (χ4v) is 13.8. The predicted octanol–water partition coefficient (Wildman–Crippen LogP) is 6.44. The van der Waals surface area contributed by atoms with Crippen LogP contribution in [0.1, 0.15) is 118 Å². The van der Waals surface area contributed by atoms with Crippen molar-refractivity contribution >= 4 is 23.6 Å².